The van der Waals surface area contributed by atoms with Crippen LogP contribution in [0.15, 0.2) is 0 Å². The van der Waals surface area contributed by atoms with Gasteiger partial charge in [0.05, 0.1) is 5.60 Å². The SMILES string of the molecule is CC(C)(C)OC(=O)N1CCCC1CC1(O)CCNC1. The first kappa shape index (κ1) is 14.6. The summed E-state index contributed by atoms with van der Waals surface area (Å²) in [6, 6.07) is 0.111. The Morgan fingerprint density at radius 3 is 2.84 bits per heavy atom. The molecule has 2 fully saturated rings. The zero-order valence-corrected chi connectivity index (χ0v) is 12.2. The number of hydrogen-bond acceptors (Lipinski definition) is 4. The zero-order valence-electron chi connectivity index (χ0n) is 12.2. The summed E-state index contributed by atoms with van der Waals surface area (Å²) in [7, 11) is 0. The van der Waals surface area contributed by atoms with Crippen LogP contribution in [-0.2, 0) is 4.74 Å². The van der Waals surface area contributed by atoms with Gasteiger partial charge >= 0.3 is 6.09 Å². The number of rotatable bonds is 2. The quantitative estimate of drug-likeness (QED) is 0.798. The largest absolute Gasteiger partial charge is 0.444 e. The fourth-order valence-electron chi connectivity index (χ4n) is 2.95. The molecule has 0 spiro atoms. The van der Waals surface area contributed by atoms with E-state index in [2.05, 4.69) is 5.32 Å². The van der Waals surface area contributed by atoms with E-state index in [0.29, 0.717) is 13.0 Å². The molecule has 5 nitrogen and oxygen atoms in total. The van der Waals surface area contributed by atoms with Crippen molar-refractivity contribution in [3.05, 3.63) is 0 Å². The normalized spacial score (nSPS) is 31.8. The first-order chi connectivity index (χ1) is 8.79. The zero-order chi connectivity index (χ0) is 14.1. The van der Waals surface area contributed by atoms with Crippen LogP contribution >= 0.6 is 0 Å². The predicted octanol–water partition coefficient (Wildman–Crippen LogP) is 1.50. The molecule has 2 N–H and O–H groups in total. The number of β-amino-alcohol motifs (C(OH)–C–C–N with tert-alkyl or cyclic N) is 1. The second-order valence-electron chi connectivity index (χ2n) is 6.83. The van der Waals surface area contributed by atoms with Crippen LogP contribution in [0, 0.1) is 0 Å². The van der Waals surface area contributed by atoms with Gasteiger partial charge in [0, 0.05) is 19.1 Å². The Morgan fingerprint density at radius 2 is 2.26 bits per heavy atom. The summed E-state index contributed by atoms with van der Waals surface area (Å²) in [5, 5.41) is 13.6. The lowest BCUT2D eigenvalue weighted by atomic mass is 9.93. The molecule has 0 aromatic carbocycles. The van der Waals surface area contributed by atoms with Crippen LogP contribution in [0.5, 0.6) is 0 Å². The van der Waals surface area contributed by atoms with Crippen LogP contribution in [-0.4, -0.2) is 53.0 Å². The molecule has 1 amide bonds. The van der Waals surface area contributed by atoms with E-state index < -0.39 is 11.2 Å². The lowest BCUT2D eigenvalue weighted by molar-refractivity contribution is 0.00270. The van der Waals surface area contributed by atoms with Gasteiger partial charge in [0.25, 0.3) is 0 Å². The number of nitrogens with zero attached hydrogens (tertiary/aromatic N) is 1. The topological polar surface area (TPSA) is 61.8 Å². The van der Waals surface area contributed by atoms with E-state index in [1.165, 1.54) is 0 Å². The molecule has 0 bridgehead atoms. The van der Waals surface area contributed by atoms with Crippen molar-refractivity contribution in [2.75, 3.05) is 19.6 Å². The maximum Gasteiger partial charge on any atom is 0.410 e. The number of carbonyl (C=O) groups excluding carboxylic acids is 1. The Morgan fingerprint density at radius 1 is 1.53 bits per heavy atom. The molecule has 0 saturated carbocycles. The highest BCUT2D eigenvalue weighted by molar-refractivity contribution is 5.69. The van der Waals surface area contributed by atoms with Gasteiger partial charge in [-0.1, -0.05) is 0 Å². The minimum Gasteiger partial charge on any atom is -0.444 e. The number of carbonyl (C=O) groups is 1. The maximum absolute atomic E-state index is 12.2. The molecule has 2 saturated heterocycles. The highest BCUT2D eigenvalue weighted by atomic mass is 16.6. The molecule has 110 valence electrons. The summed E-state index contributed by atoms with van der Waals surface area (Å²) in [5.41, 5.74) is -1.12. The summed E-state index contributed by atoms with van der Waals surface area (Å²) < 4.78 is 5.44. The highest BCUT2D eigenvalue weighted by Gasteiger charge is 2.39. The van der Waals surface area contributed by atoms with Gasteiger partial charge in [-0.2, -0.15) is 0 Å². The van der Waals surface area contributed by atoms with Gasteiger partial charge in [0.15, 0.2) is 0 Å². The third-order valence-electron chi connectivity index (χ3n) is 3.84. The molecule has 2 aliphatic heterocycles. The third kappa shape index (κ3) is 3.83. The van der Waals surface area contributed by atoms with E-state index >= 15 is 0 Å². The van der Waals surface area contributed by atoms with Crippen LogP contribution in [0.25, 0.3) is 0 Å². The average Bonchev–Trinajstić information content (AvgIpc) is 2.85. The van der Waals surface area contributed by atoms with E-state index in [1.807, 2.05) is 20.8 Å². The van der Waals surface area contributed by atoms with Gasteiger partial charge in [-0.3, -0.25) is 0 Å². The molecular formula is C14H26N2O3. The summed E-state index contributed by atoms with van der Waals surface area (Å²) in [6.45, 7) is 7.86. The van der Waals surface area contributed by atoms with Crippen LogP contribution in [0.1, 0.15) is 46.5 Å². The fourth-order valence-corrected chi connectivity index (χ4v) is 2.95. The summed E-state index contributed by atoms with van der Waals surface area (Å²) in [6.07, 6.45) is 3.13. The van der Waals surface area contributed by atoms with Crippen molar-refractivity contribution in [2.24, 2.45) is 0 Å². The van der Waals surface area contributed by atoms with Crippen molar-refractivity contribution in [1.82, 2.24) is 10.2 Å². The van der Waals surface area contributed by atoms with Gasteiger partial charge in [-0.25, -0.2) is 4.79 Å². The second-order valence-corrected chi connectivity index (χ2v) is 6.83. The minimum absolute atomic E-state index is 0.111. The molecule has 0 aromatic rings. The smallest absolute Gasteiger partial charge is 0.410 e. The molecule has 2 rings (SSSR count). The Labute approximate surface area is 115 Å². The number of ether oxygens (including phenoxy) is 1. The van der Waals surface area contributed by atoms with Crippen molar-refractivity contribution in [1.29, 1.82) is 0 Å². The van der Waals surface area contributed by atoms with Gasteiger partial charge in [-0.05, 0) is 53.0 Å². The van der Waals surface area contributed by atoms with Crippen molar-refractivity contribution in [3.63, 3.8) is 0 Å². The maximum atomic E-state index is 12.2. The van der Waals surface area contributed by atoms with Crippen molar-refractivity contribution in [2.45, 2.75) is 63.7 Å². The monoisotopic (exact) mass is 270 g/mol. The fraction of sp³-hybridized carbons (Fsp3) is 0.929. The first-order valence-electron chi connectivity index (χ1n) is 7.22. The molecule has 0 aromatic heterocycles. The average molecular weight is 270 g/mol. The number of likely N-dealkylation sites (tertiary alicyclic amines) is 1. The molecule has 19 heavy (non-hydrogen) atoms. The Bertz CT molecular complexity index is 332. The van der Waals surface area contributed by atoms with E-state index in [4.69, 9.17) is 4.74 Å². The highest BCUT2D eigenvalue weighted by Crippen LogP contribution is 2.30. The molecule has 2 atom stereocenters. The minimum atomic E-state index is -0.657. The van der Waals surface area contributed by atoms with E-state index in [1.54, 1.807) is 4.90 Å². The van der Waals surface area contributed by atoms with Crippen LogP contribution in [0.4, 0.5) is 4.79 Å². The van der Waals surface area contributed by atoms with E-state index in [9.17, 15) is 9.90 Å². The van der Waals surface area contributed by atoms with Crippen LogP contribution in [0.3, 0.4) is 0 Å². The summed E-state index contributed by atoms with van der Waals surface area (Å²) in [4.78, 5) is 13.9. The Balaban J connectivity index is 1.95. The molecule has 0 aliphatic carbocycles. The standard InChI is InChI=1S/C14H26N2O3/c1-13(2,3)19-12(17)16-8-4-5-11(16)9-14(18)6-7-15-10-14/h11,15,18H,4-10H2,1-3H3. The number of amides is 1. The number of hydrogen-bond donors (Lipinski definition) is 2. The van der Waals surface area contributed by atoms with E-state index in [0.717, 1.165) is 32.4 Å². The molecule has 5 heteroatoms. The Hall–Kier alpha value is -0.810. The molecule has 2 heterocycles. The lowest BCUT2D eigenvalue weighted by Gasteiger charge is -2.32. The summed E-state index contributed by atoms with van der Waals surface area (Å²) in [5.74, 6) is 0. The molecule has 2 aliphatic rings. The molecule has 0 radical (unpaired) electrons. The Kier molecular flexibility index (Phi) is 4.06. The van der Waals surface area contributed by atoms with Gasteiger partial charge < -0.3 is 20.1 Å². The van der Waals surface area contributed by atoms with Crippen molar-refractivity contribution >= 4 is 6.09 Å². The van der Waals surface area contributed by atoms with Gasteiger partial charge in [0.2, 0.25) is 0 Å². The van der Waals surface area contributed by atoms with Crippen molar-refractivity contribution in [3.8, 4) is 0 Å². The number of aliphatic hydroxyl groups is 1. The van der Waals surface area contributed by atoms with Crippen molar-refractivity contribution < 1.29 is 14.6 Å². The van der Waals surface area contributed by atoms with E-state index in [-0.39, 0.29) is 12.1 Å². The number of nitrogens with one attached hydrogen (secondary N) is 1. The van der Waals surface area contributed by atoms with Gasteiger partial charge in [-0.15, -0.1) is 0 Å². The first-order valence-corrected chi connectivity index (χ1v) is 7.22. The molecule has 2 unspecified atom stereocenters. The molecular weight excluding hydrogens is 244 g/mol. The summed E-state index contributed by atoms with van der Waals surface area (Å²) >= 11 is 0. The van der Waals surface area contributed by atoms with Gasteiger partial charge in [0.1, 0.15) is 5.60 Å². The third-order valence-corrected chi connectivity index (χ3v) is 3.84. The lowest BCUT2D eigenvalue weighted by Crippen LogP contribution is -2.44. The van der Waals surface area contributed by atoms with Crippen LogP contribution in [0.2, 0.25) is 0 Å². The van der Waals surface area contributed by atoms with Crippen LogP contribution < -0.4 is 5.32 Å². The second kappa shape index (κ2) is 5.29. The predicted molar refractivity (Wildman–Crippen MR) is 73.0 cm³/mol.